The van der Waals surface area contributed by atoms with Gasteiger partial charge in [0.2, 0.25) is 0 Å². The average Bonchev–Trinajstić information content (AvgIpc) is 2.19. The van der Waals surface area contributed by atoms with Gasteiger partial charge in [-0.1, -0.05) is 6.07 Å². The van der Waals surface area contributed by atoms with Gasteiger partial charge in [-0.25, -0.2) is 4.98 Å². The summed E-state index contributed by atoms with van der Waals surface area (Å²) in [7, 11) is 0. The van der Waals surface area contributed by atoms with Crippen LogP contribution in [0.5, 0.6) is 0 Å². The zero-order chi connectivity index (χ0) is 9.97. The number of nitrogens with one attached hydrogen (secondary N) is 1. The van der Waals surface area contributed by atoms with Gasteiger partial charge >= 0.3 is 0 Å². The summed E-state index contributed by atoms with van der Waals surface area (Å²) in [6, 6.07) is 3.82. The SMILES string of the molecule is Cl.Cl.Nc1ccc(C2CCCNC2)c(N)n1. The first-order valence-electron chi connectivity index (χ1n) is 5.00. The highest BCUT2D eigenvalue weighted by molar-refractivity contribution is 5.85. The van der Waals surface area contributed by atoms with Crippen LogP contribution >= 0.6 is 24.8 Å². The van der Waals surface area contributed by atoms with E-state index in [1.807, 2.05) is 12.1 Å². The molecular weight excluding hydrogens is 247 g/mol. The lowest BCUT2D eigenvalue weighted by Crippen LogP contribution is -2.28. The van der Waals surface area contributed by atoms with Crippen LogP contribution < -0.4 is 16.8 Å². The number of hydrogen-bond acceptors (Lipinski definition) is 4. The third-order valence-corrected chi connectivity index (χ3v) is 2.72. The Morgan fingerprint density at radius 1 is 1.25 bits per heavy atom. The van der Waals surface area contributed by atoms with Crippen molar-refractivity contribution in [2.45, 2.75) is 18.8 Å². The van der Waals surface area contributed by atoms with E-state index in [0.717, 1.165) is 18.7 Å². The highest BCUT2D eigenvalue weighted by Gasteiger charge is 2.17. The molecule has 1 aromatic heterocycles. The van der Waals surface area contributed by atoms with Gasteiger partial charge in [-0.05, 0) is 31.0 Å². The molecule has 1 saturated heterocycles. The van der Waals surface area contributed by atoms with Crippen molar-refractivity contribution in [1.82, 2.24) is 10.3 Å². The standard InChI is InChI=1S/C10H16N4.2ClH/c11-9-4-3-8(10(12)14-9)7-2-1-5-13-6-7;;/h3-4,7,13H,1-2,5-6H2,(H4,11,12,14);2*1H. The second-order valence-electron chi connectivity index (χ2n) is 3.75. The van der Waals surface area contributed by atoms with E-state index in [2.05, 4.69) is 10.3 Å². The molecule has 1 aliphatic rings. The summed E-state index contributed by atoms with van der Waals surface area (Å²) in [6.07, 6.45) is 2.39. The summed E-state index contributed by atoms with van der Waals surface area (Å²) in [5, 5.41) is 3.36. The Balaban J connectivity index is 0.00000112. The predicted octanol–water partition coefficient (Wildman–Crippen LogP) is 1.56. The number of rotatable bonds is 1. The number of anilines is 2. The number of nitrogen functional groups attached to an aromatic ring is 2. The Morgan fingerprint density at radius 2 is 2.00 bits per heavy atom. The molecule has 0 amide bonds. The topological polar surface area (TPSA) is 77.0 Å². The van der Waals surface area contributed by atoms with Crippen LogP contribution in [-0.2, 0) is 0 Å². The van der Waals surface area contributed by atoms with Gasteiger partial charge in [-0.2, -0.15) is 0 Å². The van der Waals surface area contributed by atoms with Crippen molar-refractivity contribution in [2.24, 2.45) is 0 Å². The quantitative estimate of drug-likeness (QED) is 0.720. The second-order valence-corrected chi connectivity index (χ2v) is 3.75. The summed E-state index contributed by atoms with van der Waals surface area (Å²) in [6.45, 7) is 2.11. The Bertz CT molecular complexity index is 327. The zero-order valence-corrected chi connectivity index (χ0v) is 10.6. The molecule has 2 heterocycles. The first-order chi connectivity index (χ1) is 6.77. The molecule has 16 heavy (non-hydrogen) atoms. The second kappa shape index (κ2) is 6.78. The van der Waals surface area contributed by atoms with Crippen molar-refractivity contribution in [2.75, 3.05) is 24.6 Å². The fourth-order valence-corrected chi connectivity index (χ4v) is 1.96. The predicted molar refractivity (Wildman–Crippen MR) is 72.4 cm³/mol. The van der Waals surface area contributed by atoms with Crippen molar-refractivity contribution < 1.29 is 0 Å². The van der Waals surface area contributed by atoms with Gasteiger partial charge in [0, 0.05) is 12.5 Å². The molecule has 6 heteroatoms. The molecular formula is C10H18Cl2N4. The summed E-state index contributed by atoms with van der Waals surface area (Å²) >= 11 is 0. The van der Waals surface area contributed by atoms with Gasteiger partial charge in [-0.3, -0.25) is 0 Å². The normalized spacial score (nSPS) is 19.4. The van der Waals surface area contributed by atoms with E-state index in [0.29, 0.717) is 17.6 Å². The van der Waals surface area contributed by atoms with Gasteiger partial charge in [-0.15, -0.1) is 24.8 Å². The lowest BCUT2D eigenvalue weighted by atomic mass is 9.92. The number of pyridine rings is 1. The molecule has 1 atom stereocenters. The lowest BCUT2D eigenvalue weighted by molar-refractivity contribution is 0.462. The molecule has 1 fully saturated rings. The van der Waals surface area contributed by atoms with Crippen molar-refractivity contribution in [3.05, 3.63) is 17.7 Å². The number of hydrogen-bond donors (Lipinski definition) is 3. The van der Waals surface area contributed by atoms with E-state index >= 15 is 0 Å². The zero-order valence-electron chi connectivity index (χ0n) is 8.98. The van der Waals surface area contributed by atoms with Crippen molar-refractivity contribution >= 4 is 36.4 Å². The number of nitrogens with zero attached hydrogens (tertiary/aromatic N) is 1. The first-order valence-corrected chi connectivity index (χ1v) is 5.00. The highest BCUT2D eigenvalue weighted by Crippen LogP contribution is 2.27. The van der Waals surface area contributed by atoms with E-state index in [9.17, 15) is 0 Å². The maximum Gasteiger partial charge on any atom is 0.129 e. The maximum absolute atomic E-state index is 5.83. The van der Waals surface area contributed by atoms with Crippen LogP contribution in [-0.4, -0.2) is 18.1 Å². The van der Waals surface area contributed by atoms with Crippen LogP contribution in [0.15, 0.2) is 12.1 Å². The molecule has 0 aliphatic carbocycles. The lowest BCUT2D eigenvalue weighted by Gasteiger charge is -2.23. The third-order valence-electron chi connectivity index (χ3n) is 2.72. The maximum atomic E-state index is 5.83. The number of piperidine rings is 1. The minimum absolute atomic E-state index is 0. The van der Waals surface area contributed by atoms with Gasteiger partial charge in [0.25, 0.3) is 0 Å². The summed E-state index contributed by atoms with van der Waals surface area (Å²) < 4.78 is 0. The average molecular weight is 265 g/mol. The molecule has 0 spiro atoms. The van der Waals surface area contributed by atoms with E-state index in [-0.39, 0.29) is 24.8 Å². The molecule has 92 valence electrons. The molecule has 0 aromatic carbocycles. The monoisotopic (exact) mass is 264 g/mol. The van der Waals surface area contributed by atoms with Crippen LogP contribution in [0, 0.1) is 0 Å². The molecule has 4 nitrogen and oxygen atoms in total. The molecule has 1 unspecified atom stereocenters. The fourth-order valence-electron chi connectivity index (χ4n) is 1.96. The van der Waals surface area contributed by atoms with Gasteiger partial charge in [0.05, 0.1) is 0 Å². The van der Waals surface area contributed by atoms with Gasteiger partial charge in [0.1, 0.15) is 11.6 Å². The number of nitrogens with two attached hydrogens (primary N) is 2. The summed E-state index contributed by atoms with van der Waals surface area (Å²) in [5.41, 5.74) is 12.5. The number of aromatic nitrogens is 1. The first kappa shape index (κ1) is 15.3. The van der Waals surface area contributed by atoms with E-state index < -0.39 is 0 Å². The Kier molecular flexibility index (Phi) is 6.48. The molecule has 2 rings (SSSR count). The summed E-state index contributed by atoms with van der Waals surface area (Å²) in [5.74, 6) is 1.57. The smallest absolute Gasteiger partial charge is 0.129 e. The third kappa shape index (κ3) is 3.40. The minimum Gasteiger partial charge on any atom is -0.384 e. The van der Waals surface area contributed by atoms with E-state index in [1.165, 1.54) is 12.8 Å². The Labute approximate surface area is 108 Å². The Hall–Kier alpha value is -0.710. The summed E-state index contributed by atoms with van der Waals surface area (Å²) in [4.78, 5) is 4.08. The van der Waals surface area contributed by atoms with Crippen molar-refractivity contribution in [3.63, 3.8) is 0 Å². The minimum atomic E-state index is 0. The highest BCUT2D eigenvalue weighted by atomic mass is 35.5. The van der Waals surface area contributed by atoms with Crippen LogP contribution in [0.3, 0.4) is 0 Å². The van der Waals surface area contributed by atoms with Crippen LogP contribution in [0.4, 0.5) is 11.6 Å². The van der Waals surface area contributed by atoms with Crippen LogP contribution in [0.2, 0.25) is 0 Å². The van der Waals surface area contributed by atoms with Crippen molar-refractivity contribution in [1.29, 1.82) is 0 Å². The molecule has 1 aromatic rings. The molecule has 5 N–H and O–H groups in total. The Morgan fingerprint density at radius 3 is 2.56 bits per heavy atom. The number of halogens is 2. The van der Waals surface area contributed by atoms with E-state index in [1.54, 1.807) is 0 Å². The van der Waals surface area contributed by atoms with Gasteiger partial charge in [0.15, 0.2) is 0 Å². The van der Waals surface area contributed by atoms with Gasteiger partial charge < -0.3 is 16.8 Å². The molecule has 0 saturated carbocycles. The van der Waals surface area contributed by atoms with Crippen molar-refractivity contribution in [3.8, 4) is 0 Å². The molecule has 0 bridgehead atoms. The largest absolute Gasteiger partial charge is 0.384 e. The molecule has 0 radical (unpaired) electrons. The molecule has 1 aliphatic heterocycles. The van der Waals surface area contributed by atoms with E-state index in [4.69, 9.17) is 11.5 Å². The van der Waals surface area contributed by atoms with Crippen LogP contribution in [0.25, 0.3) is 0 Å². The fraction of sp³-hybridized carbons (Fsp3) is 0.500. The van der Waals surface area contributed by atoms with Crippen LogP contribution in [0.1, 0.15) is 24.3 Å².